The van der Waals surface area contributed by atoms with Gasteiger partial charge in [-0.15, -0.1) is 0 Å². The maximum absolute atomic E-state index is 13.3. The van der Waals surface area contributed by atoms with Gasteiger partial charge in [-0.3, -0.25) is 15.1 Å². The number of para-hydroxylation sites is 2. The lowest BCUT2D eigenvalue weighted by molar-refractivity contribution is -0.125. The van der Waals surface area contributed by atoms with Gasteiger partial charge in [-0.25, -0.2) is 0 Å². The number of anilines is 2. The van der Waals surface area contributed by atoms with Crippen molar-refractivity contribution in [2.24, 2.45) is 5.41 Å². The van der Waals surface area contributed by atoms with Gasteiger partial charge >= 0.3 is 0 Å². The van der Waals surface area contributed by atoms with Crippen LogP contribution in [-0.4, -0.2) is 24.8 Å². The van der Waals surface area contributed by atoms with Gasteiger partial charge in [-0.1, -0.05) is 36.4 Å². The lowest BCUT2D eigenvalue weighted by Gasteiger charge is -2.33. The van der Waals surface area contributed by atoms with Crippen molar-refractivity contribution in [2.75, 3.05) is 16.8 Å². The van der Waals surface area contributed by atoms with E-state index < -0.39 is 5.41 Å². The van der Waals surface area contributed by atoms with Gasteiger partial charge in [0.25, 0.3) is 0 Å². The summed E-state index contributed by atoms with van der Waals surface area (Å²) < 4.78 is 0. The Balaban J connectivity index is 1.83. The zero-order chi connectivity index (χ0) is 16.9. The third-order valence-electron chi connectivity index (χ3n) is 5.48. The van der Waals surface area contributed by atoms with Gasteiger partial charge in [0.1, 0.15) is 11.9 Å². The molecule has 2 aromatic carbocycles. The molecule has 4 rings (SSSR count). The predicted octanol–water partition coefficient (Wildman–Crippen LogP) is 3.47. The van der Waals surface area contributed by atoms with Gasteiger partial charge < -0.3 is 4.90 Å². The topological polar surface area (TPSA) is 47.4 Å². The standard InChI is InChI=1S/C20H21N3O/c1-20-13-12-14-8-6-7-11-16(14)22(2)17(20)18(21)23(19(20)24)15-9-4-3-5-10-15/h3-11,17,21H,12-13H2,1-2H3/t17-,20-/m0/s1. The number of hydrogen-bond acceptors (Lipinski definition) is 3. The molecule has 2 aromatic rings. The highest BCUT2D eigenvalue weighted by atomic mass is 16.2. The van der Waals surface area contributed by atoms with E-state index in [1.54, 1.807) is 4.90 Å². The number of nitrogens with zero attached hydrogens (tertiary/aromatic N) is 2. The first-order valence-electron chi connectivity index (χ1n) is 8.33. The maximum atomic E-state index is 13.3. The molecule has 4 nitrogen and oxygen atoms in total. The molecular formula is C20H21N3O. The molecule has 2 aliphatic heterocycles. The second-order valence-electron chi connectivity index (χ2n) is 6.92. The Bertz CT molecular complexity index is 817. The number of carbonyl (C=O) groups excluding carboxylic acids is 1. The van der Waals surface area contributed by atoms with Crippen LogP contribution in [0.3, 0.4) is 0 Å². The molecule has 0 saturated carbocycles. The molecule has 2 heterocycles. The van der Waals surface area contributed by atoms with Crippen molar-refractivity contribution in [3.63, 3.8) is 0 Å². The van der Waals surface area contributed by atoms with Crippen molar-refractivity contribution in [2.45, 2.75) is 25.8 Å². The van der Waals surface area contributed by atoms with Crippen LogP contribution < -0.4 is 9.80 Å². The summed E-state index contributed by atoms with van der Waals surface area (Å²) in [4.78, 5) is 17.0. The van der Waals surface area contributed by atoms with E-state index in [0.29, 0.717) is 5.84 Å². The molecule has 1 fully saturated rings. The van der Waals surface area contributed by atoms with Crippen LogP contribution in [0.5, 0.6) is 0 Å². The number of hydrogen-bond donors (Lipinski definition) is 1. The molecule has 1 N–H and O–H groups in total. The number of likely N-dealkylation sites (N-methyl/N-ethyl adjacent to an activating group) is 1. The molecule has 0 unspecified atom stereocenters. The smallest absolute Gasteiger partial charge is 0.241 e. The summed E-state index contributed by atoms with van der Waals surface area (Å²) in [6.45, 7) is 2.01. The number of benzene rings is 2. The van der Waals surface area contributed by atoms with E-state index in [-0.39, 0.29) is 11.9 Å². The molecule has 0 aromatic heterocycles. The predicted molar refractivity (Wildman–Crippen MR) is 96.7 cm³/mol. The van der Waals surface area contributed by atoms with E-state index in [9.17, 15) is 4.79 Å². The quantitative estimate of drug-likeness (QED) is 0.875. The van der Waals surface area contributed by atoms with Crippen molar-refractivity contribution >= 4 is 23.1 Å². The molecule has 24 heavy (non-hydrogen) atoms. The Morgan fingerprint density at radius 1 is 1.08 bits per heavy atom. The molecule has 2 atom stereocenters. The number of aryl methyl sites for hydroxylation is 1. The summed E-state index contributed by atoms with van der Waals surface area (Å²) in [5.41, 5.74) is 2.57. The number of rotatable bonds is 1. The molecular weight excluding hydrogens is 298 g/mol. The lowest BCUT2D eigenvalue weighted by atomic mass is 9.79. The Kier molecular flexibility index (Phi) is 3.23. The van der Waals surface area contributed by atoms with Gasteiger partial charge in [0, 0.05) is 12.7 Å². The maximum Gasteiger partial charge on any atom is 0.241 e. The number of nitrogens with one attached hydrogen (secondary N) is 1. The van der Waals surface area contributed by atoms with Crippen LogP contribution in [0, 0.1) is 10.8 Å². The van der Waals surface area contributed by atoms with E-state index in [1.807, 2.05) is 56.4 Å². The zero-order valence-electron chi connectivity index (χ0n) is 14.0. The van der Waals surface area contributed by atoms with E-state index in [2.05, 4.69) is 17.0 Å². The molecule has 1 saturated heterocycles. The normalized spacial score (nSPS) is 26.2. The fourth-order valence-electron chi connectivity index (χ4n) is 4.19. The second-order valence-corrected chi connectivity index (χ2v) is 6.92. The van der Waals surface area contributed by atoms with Gasteiger partial charge in [-0.05, 0) is 43.5 Å². The highest BCUT2D eigenvalue weighted by Gasteiger charge is 2.57. The molecule has 122 valence electrons. The number of fused-ring (bicyclic) bond motifs is 2. The van der Waals surface area contributed by atoms with Crippen LogP contribution in [0.25, 0.3) is 0 Å². The molecule has 4 heteroatoms. The van der Waals surface area contributed by atoms with Crippen molar-refractivity contribution in [3.8, 4) is 0 Å². The van der Waals surface area contributed by atoms with Gasteiger partial charge in [-0.2, -0.15) is 0 Å². The Labute approximate surface area is 142 Å². The molecule has 1 amide bonds. The number of amidine groups is 1. The Morgan fingerprint density at radius 2 is 1.75 bits per heavy atom. The summed E-state index contributed by atoms with van der Waals surface area (Å²) >= 11 is 0. The lowest BCUT2D eigenvalue weighted by Crippen LogP contribution is -2.46. The average molecular weight is 319 g/mol. The van der Waals surface area contributed by atoms with Crippen molar-refractivity contribution in [3.05, 3.63) is 60.2 Å². The third-order valence-corrected chi connectivity index (χ3v) is 5.48. The van der Waals surface area contributed by atoms with E-state index in [0.717, 1.165) is 24.2 Å². The molecule has 2 aliphatic rings. The van der Waals surface area contributed by atoms with E-state index >= 15 is 0 Å². The summed E-state index contributed by atoms with van der Waals surface area (Å²) in [5.74, 6) is 0.399. The van der Waals surface area contributed by atoms with Gasteiger partial charge in [0.2, 0.25) is 5.91 Å². The summed E-state index contributed by atoms with van der Waals surface area (Å²) in [6, 6.07) is 17.6. The van der Waals surface area contributed by atoms with Crippen LogP contribution in [0.1, 0.15) is 18.9 Å². The Hall–Kier alpha value is -2.62. The number of amides is 1. The van der Waals surface area contributed by atoms with Crippen LogP contribution >= 0.6 is 0 Å². The van der Waals surface area contributed by atoms with Crippen LogP contribution in [0.15, 0.2) is 54.6 Å². The van der Waals surface area contributed by atoms with Crippen LogP contribution in [0.4, 0.5) is 11.4 Å². The van der Waals surface area contributed by atoms with Crippen LogP contribution in [0.2, 0.25) is 0 Å². The number of carbonyl (C=O) groups is 1. The summed E-state index contributed by atoms with van der Waals surface area (Å²) in [7, 11) is 2.00. The average Bonchev–Trinajstić information content (AvgIpc) is 2.72. The minimum atomic E-state index is -0.583. The second kappa shape index (κ2) is 5.20. The Morgan fingerprint density at radius 3 is 2.50 bits per heavy atom. The summed E-state index contributed by atoms with van der Waals surface area (Å²) in [5, 5.41) is 8.76. The SMILES string of the molecule is CN1c2ccccc2CC[C@]2(C)C(=O)N(c3ccccc3)C(=N)[C@H]12. The molecule has 0 bridgehead atoms. The molecule has 0 radical (unpaired) electrons. The largest absolute Gasteiger partial charge is 0.363 e. The van der Waals surface area contributed by atoms with E-state index in [1.165, 1.54) is 5.56 Å². The van der Waals surface area contributed by atoms with Crippen molar-refractivity contribution in [1.82, 2.24) is 0 Å². The molecule has 0 aliphatic carbocycles. The zero-order valence-corrected chi connectivity index (χ0v) is 14.0. The summed E-state index contributed by atoms with van der Waals surface area (Å²) in [6.07, 6.45) is 1.61. The minimum Gasteiger partial charge on any atom is -0.363 e. The monoisotopic (exact) mass is 319 g/mol. The minimum absolute atomic E-state index is 0.0309. The highest BCUT2D eigenvalue weighted by molar-refractivity contribution is 6.27. The van der Waals surface area contributed by atoms with E-state index in [4.69, 9.17) is 5.41 Å². The van der Waals surface area contributed by atoms with Gasteiger partial charge in [0.15, 0.2) is 0 Å². The first-order valence-corrected chi connectivity index (χ1v) is 8.33. The molecule has 0 spiro atoms. The van der Waals surface area contributed by atoms with Crippen molar-refractivity contribution in [1.29, 1.82) is 5.41 Å². The first kappa shape index (κ1) is 14.9. The third kappa shape index (κ3) is 1.92. The highest BCUT2D eigenvalue weighted by Crippen LogP contribution is 2.46. The first-order chi connectivity index (χ1) is 11.5. The van der Waals surface area contributed by atoms with Crippen molar-refractivity contribution < 1.29 is 4.79 Å². The fraction of sp³-hybridized carbons (Fsp3) is 0.300. The fourth-order valence-corrected chi connectivity index (χ4v) is 4.19. The van der Waals surface area contributed by atoms with Gasteiger partial charge in [0.05, 0.1) is 11.1 Å². The van der Waals surface area contributed by atoms with Crippen LogP contribution in [-0.2, 0) is 11.2 Å².